The molecule has 2 aliphatic rings. The molecule has 0 aliphatic carbocycles. The lowest BCUT2D eigenvalue weighted by Crippen LogP contribution is -2.56. The largest absolute Gasteiger partial charge is 0.311 e. The molecule has 1 aromatic carbocycles. The number of benzene rings is 1. The second kappa shape index (κ2) is 6.66. The second-order valence-corrected chi connectivity index (χ2v) is 8.08. The summed E-state index contributed by atoms with van der Waals surface area (Å²) >= 11 is 6.21. The van der Waals surface area contributed by atoms with Gasteiger partial charge in [0, 0.05) is 47.8 Å². The fourth-order valence-corrected chi connectivity index (χ4v) is 4.03. The number of halogens is 1. The third-order valence-corrected chi connectivity index (χ3v) is 5.96. The fraction of sp³-hybridized carbons (Fsp3) is 0.632. The summed E-state index contributed by atoms with van der Waals surface area (Å²) in [5, 5.41) is 4.16. The Labute approximate surface area is 150 Å². The van der Waals surface area contributed by atoms with Gasteiger partial charge in [0.1, 0.15) is 0 Å². The molecule has 5 heteroatoms. The summed E-state index contributed by atoms with van der Waals surface area (Å²) in [6.45, 7) is 11.8. The van der Waals surface area contributed by atoms with E-state index < -0.39 is 0 Å². The first-order valence-corrected chi connectivity index (χ1v) is 9.29. The average molecular weight is 350 g/mol. The summed E-state index contributed by atoms with van der Waals surface area (Å²) < 4.78 is 0. The Hall–Kier alpha value is -1.10. The first-order valence-electron chi connectivity index (χ1n) is 8.92. The Balaban J connectivity index is 1.82. The molecule has 1 fully saturated rings. The summed E-state index contributed by atoms with van der Waals surface area (Å²) in [4.78, 5) is 17.3. The molecule has 3 atom stereocenters. The molecule has 2 heterocycles. The van der Waals surface area contributed by atoms with Crippen molar-refractivity contribution in [3.05, 3.63) is 28.8 Å². The van der Waals surface area contributed by atoms with Gasteiger partial charge in [-0.25, -0.2) is 0 Å². The lowest BCUT2D eigenvalue weighted by molar-refractivity contribution is -0.120. The first kappa shape index (κ1) is 17.7. The number of hydrogen-bond acceptors (Lipinski definition) is 3. The van der Waals surface area contributed by atoms with Crippen molar-refractivity contribution in [2.75, 3.05) is 31.1 Å². The van der Waals surface area contributed by atoms with E-state index in [4.69, 9.17) is 11.6 Å². The van der Waals surface area contributed by atoms with Crippen LogP contribution in [0.15, 0.2) is 18.2 Å². The number of nitrogens with one attached hydrogen (secondary N) is 1. The highest BCUT2D eigenvalue weighted by atomic mass is 35.5. The molecular formula is C19H28ClN3O. The van der Waals surface area contributed by atoms with Crippen molar-refractivity contribution in [3.8, 4) is 0 Å². The molecule has 0 aromatic heterocycles. The van der Waals surface area contributed by atoms with E-state index >= 15 is 0 Å². The Morgan fingerprint density at radius 3 is 2.88 bits per heavy atom. The van der Waals surface area contributed by atoms with Crippen LogP contribution < -0.4 is 10.2 Å². The zero-order valence-electron chi connectivity index (χ0n) is 15.1. The number of fused-ring (bicyclic) bond motifs is 1. The van der Waals surface area contributed by atoms with Crippen LogP contribution in [0.4, 0.5) is 5.69 Å². The fourth-order valence-electron chi connectivity index (χ4n) is 3.86. The molecular weight excluding hydrogens is 322 g/mol. The van der Waals surface area contributed by atoms with Gasteiger partial charge in [0.2, 0.25) is 5.91 Å². The highest BCUT2D eigenvalue weighted by Gasteiger charge is 2.40. The predicted molar refractivity (Wildman–Crippen MR) is 99.9 cm³/mol. The molecule has 0 saturated carbocycles. The number of carbonyl (C=O) groups is 1. The molecule has 1 saturated heterocycles. The molecule has 2 aliphatic heterocycles. The van der Waals surface area contributed by atoms with E-state index in [0.717, 1.165) is 31.7 Å². The van der Waals surface area contributed by atoms with Gasteiger partial charge < -0.3 is 10.2 Å². The van der Waals surface area contributed by atoms with Crippen LogP contribution >= 0.6 is 11.6 Å². The zero-order chi connectivity index (χ0) is 17.5. The van der Waals surface area contributed by atoms with Crippen molar-refractivity contribution in [1.82, 2.24) is 10.2 Å². The number of nitrogens with zero attached hydrogens (tertiary/aromatic N) is 2. The highest BCUT2D eigenvalue weighted by Crippen LogP contribution is 2.43. The van der Waals surface area contributed by atoms with E-state index in [1.807, 2.05) is 17.0 Å². The van der Waals surface area contributed by atoms with Crippen LogP contribution in [-0.2, 0) is 10.2 Å². The lowest BCUT2D eigenvalue weighted by atomic mass is 9.82. The van der Waals surface area contributed by atoms with Crippen molar-refractivity contribution in [3.63, 3.8) is 0 Å². The third-order valence-electron chi connectivity index (χ3n) is 5.72. The van der Waals surface area contributed by atoms with Crippen LogP contribution in [0.1, 0.15) is 39.7 Å². The Kier molecular flexibility index (Phi) is 4.92. The monoisotopic (exact) mass is 349 g/mol. The van der Waals surface area contributed by atoms with Gasteiger partial charge >= 0.3 is 0 Å². The molecule has 0 spiro atoms. The lowest BCUT2D eigenvalue weighted by Gasteiger charge is -2.37. The number of piperazine rings is 1. The molecule has 132 valence electrons. The Morgan fingerprint density at radius 2 is 2.17 bits per heavy atom. The molecule has 0 radical (unpaired) electrons. The van der Waals surface area contributed by atoms with Crippen molar-refractivity contribution < 1.29 is 4.79 Å². The van der Waals surface area contributed by atoms with Gasteiger partial charge in [-0.1, -0.05) is 31.5 Å². The third kappa shape index (κ3) is 3.19. The van der Waals surface area contributed by atoms with Gasteiger partial charge in [-0.3, -0.25) is 9.69 Å². The smallest absolute Gasteiger partial charge is 0.241 e. The SMILES string of the molecule is CCC1(C)CN(C(=O)CN2C[C@@H](C)NC[C@@H]2C)c2cc(Cl)ccc21. The second-order valence-electron chi connectivity index (χ2n) is 7.64. The maximum Gasteiger partial charge on any atom is 0.241 e. The van der Waals surface area contributed by atoms with E-state index in [2.05, 4.69) is 44.0 Å². The van der Waals surface area contributed by atoms with Crippen LogP contribution in [0.25, 0.3) is 0 Å². The summed E-state index contributed by atoms with van der Waals surface area (Å²) in [5.41, 5.74) is 2.25. The predicted octanol–water partition coefficient (Wildman–Crippen LogP) is 3.04. The molecule has 0 bridgehead atoms. The maximum atomic E-state index is 13.1. The van der Waals surface area contributed by atoms with Gasteiger partial charge in [0.05, 0.1) is 6.54 Å². The number of hydrogen-bond donors (Lipinski definition) is 1. The van der Waals surface area contributed by atoms with E-state index in [9.17, 15) is 4.79 Å². The van der Waals surface area contributed by atoms with Crippen molar-refractivity contribution in [2.45, 2.75) is 51.6 Å². The van der Waals surface area contributed by atoms with Crippen LogP contribution in [0.5, 0.6) is 0 Å². The van der Waals surface area contributed by atoms with Crippen LogP contribution in [0.3, 0.4) is 0 Å². The quantitative estimate of drug-likeness (QED) is 0.911. The van der Waals surface area contributed by atoms with Crippen molar-refractivity contribution >= 4 is 23.2 Å². The maximum absolute atomic E-state index is 13.1. The molecule has 3 rings (SSSR count). The summed E-state index contributed by atoms with van der Waals surface area (Å²) in [6.07, 6.45) is 1.01. The minimum absolute atomic E-state index is 0.0118. The summed E-state index contributed by atoms with van der Waals surface area (Å²) in [6, 6.07) is 6.77. The van der Waals surface area contributed by atoms with Crippen molar-refractivity contribution in [2.24, 2.45) is 0 Å². The van der Waals surface area contributed by atoms with Gasteiger partial charge in [0.15, 0.2) is 0 Å². The minimum atomic E-state index is 0.0118. The topological polar surface area (TPSA) is 35.6 Å². The molecule has 4 nitrogen and oxygen atoms in total. The molecule has 1 N–H and O–H groups in total. The number of rotatable bonds is 3. The van der Waals surface area contributed by atoms with Gasteiger partial charge in [-0.05, 0) is 38.0 Å². The Bertz CT molecular complexity index is 635. The standard InChI is InChI=1S/C19H28ClN3O/c1-5-19(4)12-23(17-8-15(20)6-7-16(17)19)18(24)11-22-10-13(2)21-9-14(22)3/h6-8,13-14,21H,5,9-12H2,1-4H3/t13-,14+,19?/m1/s1. The van der Waals surface area contributed by atoms with Crippen LogP contribution in [-0.4, -0.2) is 49.1 Å². The minimum Gasteiger partial charge on any atom is -0.311 e. The first-order chi connectivity index (χ1) is 11.3. The normalized spacial score (nSPS) is 30.5. The van der Waals surface area contributed by atoms with E-state index in [1.54, 1.807) is 0 Å². The number of amides is 1. The average Bonchev–Trinajstić information content (AvgIpc) is 2.84. The summed E-state index contributed by atoms with van der Waals surface area (Å²) in [7, 11) is 0. The van der Waals surface area contributed by atoms with Gasteiger partial charge in [-0.15, -0.1) is 0 Å². The Morgan fingerprint density at radius 1 is 1.42 bits per heavy atom. The molecule has 1 unspecified atom stereocenters. The van der Waals surface area contributed by atoms with Crippen LogP contribution in [0.2, 0.25) is 5.02 Å². The van der Waals surface area contributed by atoms with E-state index in [-0.39, 0.29) is 11.3 Å². The number of carbonyl (C=O) groups excluding carboxylic acids is 1. The molecule has 24 heavy (non-hydrogen) atoms. The van der Waals surface area contributed by atoms with Gasteiger partial charge in [0.25, 0.3) is 0 Å². The van der Waals surface area contributed by atoms with Crippen molar-refractivity contribution in [1.29, 1.82) is 0 Å². The zero-order valence-corrected chi connectivity index (χ0v) is 15.9. The van der Waals surface area contributed by atoms with Gasteiger partial charge in [-0.2, -0.15) is 0 Å². The highest BCUT2D eigenvalue weighted by molar-refractivity contribution is 6.31. The molecule has 1 aromatic rings. The number of anilines is 1. The van der Waals surface area contributed by atoms with E-state index in [1.165, 1.54) is 5.56 Å². The van der Waals surface area contributed by atoms with E-state index in [0.29, 0.717) is 23.7 Å². The molecule has 1 amide bonds. The van der Waals surface area contributed by atoms with Crippen LogP contribution in [0, 0.1) is 0 Å². The summed E-state index contributed by atoms with van der Waals surface area (Å²) in [5.74, 6) is 0.177.